The summed E-state index contributed by atoms with van der Waals surface area (Å²) < 4.78 is 16.7. The maximum absolute atomic E-state index is 12.8. The van der Waals surface area contributed by atoms with Gasteiger partial charge in [-0.3, -0.25) is 14.4 Å². The maximum atomic E-state index is 12.8. The molecule has 0 radical (unpaired) electrons. The Kier molecular flexibility index (Phi) is 45.1. The average molecular weight is 833 g/mol. The van der Waals surface area contributed by atoms with Gasteiger partial charge in [0.1, 0.15) is 13.2 Å². The minimum Gasteiger partial charge on any atom is -0.462 e. The molecule has 1 unspecified atom stereocenters. The molecule has 1 atom stereocenters. The normalized spacial score (nSPS) is 12.9. The predicted molar refractivity (Wildman–Crippen MR) is 256 cm³/mol. The first-order chi connectivity index (χ1) is 29.5. The molecule has 0 aromatic carbocycles. The van der Waals surface area contributed by atoms with Crippen LogP contribution in [0.5, 0.6) is 0 Å². The van der Waals surface area contributed by atoms with Crippen molar-refractivity contribution in [2.24, 2.45) is 0 Å². The van der Waals surface area contributed by atoms with Crippen LogP contribution in [0.4, 0.5) is 0 Å². The summed E-state index contributed by atoms with van der Waals surface area (Å²) in [5, 5.41) is 0. The number of esters is 3. The number of rotatable bonds is 42. The lowest BCUT2D eigenvalue weighted by Crippen LogP contribution is -2.30. The van der Waals surface area contributed by atoms with Crippen LogP contribution in [0.1, 0.15) is 207 Å². The van der Waals surface area contributed by atoms with Gasteiger partial charge < -0.3 is 14.2 Å². The van der Waals surface area contributed by atoms with Crippen molar-refractivity contribution in [3.8, 4) is 0 Å². The van der Waals surface area contributed by atoms with E-state index in [4.69, 9.17) is 14.2 Å². The zero-order valence-electron chi connectivity index (χ0n) is 38.7. The first-order valence-electron chi connectivity index (χ1n) is 24.3. The Balaban J connectivity index is 4.51. The van der Waals surface area contributed by atoms with Crippen LogP contribution >= 0.6 is 0 Å². The molecule has 0 aromatic rings. The van der Waals surface area contributed by atoms with Crippen molar-refractivity contribution in [2.45, 2.75) is 213 Å². The summed E-state index contributed by atoms with van der Waals surface area (Å²) in [6, 6.07) is 0. The van der Waals surface area contributed by atoms with Crippen molar-refractivity contribution >= 4 is 17.9 Å². The minimum absolute atomic E-state index is 0.100. The van der Waals surface area contributed by atoms with Crippen LogP contribution in [0, 0.1) is 0 Å². The van der Waals surface area contributed by atoms with Crippen LogP contribution in [-0.2, 0) is 28.6 Å². The largest absolute Gasteiger partial charge is 0.462 e. The van der Waals surface area contributed by atoms with Crippen molar-refractivity contribution in [2.75, 3.05) is 13.2 Å². The molecule has 6 nitrogen and oxygen atoms in total. The molecule has 340 valence electrons. The van der Waals surface area contributed by atoms with Gasteiger partial charge in [-0.1, -0.05) is 214 Å². The summed E-state index contributed by atoms with van der Waals surface area (Å²) in [5.41, 5.74) is 0. The molecule has 0 saturated heterocycles. The number of hydrogen-bond acceptors (Lipinski definition) is 6. The second-order valence-corrected chi connectivity index (χ2v) is 15.7. The molecular formula is C54H88O6. The van der Waals surface area contributed by atoms with Crippen molar-refractivity contribution < 1.29 is 28.6 Å². The third-order valence-electron chi connectivity index (χ3n) is 9.96. The highest BCUT2D eigenvalue weighted by Gasteiger charge is 2.19. The van der Waals surface area contributed by atoms with Gasteiger partial charge in [0.25, 0.3) is 0 Å². The average Bonchev–Trinajstić information content (AvgIpc) is 3.24. The Hall–Kier alpha value is -3.67. The van der Waals surface area contributed by atoms with Gasteiger partial charge in [0.2, 0.25) is 0 Å². The van der Waals surface area contributed by atoms with Gasteiger partial charge in [0, 0.05) is 19.3 Å². The van der Waals surface area contributed by atoms with Crippen LogP contribution in [0.25, 0.3) is 0 Å². The molecule has 0 N–H and O–H groups in total. The number of hydrogen-bond donors (Lipinski definition) is 0. The van der Waals surface area contributed by atoms with Gasteiger partial charge in [-0.25, -0.2) is 0 Å². The third-order valence-corrected chi connectivity index (χ3v) is 9.96. The molecule has 0 heterocycles. The van der Waals surface area contributed by atoms with E-state index in [1.807, 2.05) is 48.6 Å². The van der Waals surface area contributed by atoms with Gasteiger partial charge in [-0.2, -0.15) is 0 Å². The number of carbonyl (C=O) groups is 3. The van der Waals surface area contributed by atoms with E-state index < -0.39 is 6.10 Å². The fourth-order valence-corrected chi connectivity index (χ4v) is 6.36. The lowest BCUT2D eigenvalue weighted by molar-refractivity contribution is -0.167. The molecule has 0 fully saturated rings. The van der Waals surface area contributed by atoms with Crippen LogP contribution in [-0.4, -0.2) is 37.2 Å². The lowest BCUT2D eigenvalue weighted by Gasteiger charge is -2.18. The second-order valence-electron chi connectivity index (χ2n) is 15.7. The fraction of sp³-hybridized carbons (Fsp3) is 0.648. The van der Waals surface area contributed by atoms with Gasteiger partial charge >= 0.3 is 17.9 Å². The van der Waals surface area contributed by atoms with E-state index in [-0.39, 0.29) is 31.1 Å². The Morgan fingerprint density at radius 2 is 0.733 bits per heavy atom. The van der Waals surface area contributed by atoms with Crippen molar-refractivity contribution in [3.63, 3.8) is 0 Å². The monoisotopic (exact) mass is 833 g/mol. The minimum atomic E-state index is -0.805. The van der Waals surface area contributed by atoms with Gasteiger partial charge in [0.05, 0.1) is 0 Å². The molecule has 0 spiro atoms. The Morgan fingerprint density at radius 1 is 0.367 bits per heavy atom. The fourth-order valence-electron chi connectivity index (χ4n) is 6.36. The molecule has 0 bridgehead atoms. The van der Waals surface area contributed by atoms with E-state index in [1.165, 1.54) is 64.2 Å². The Bertz CT molecular complexity index is 1230. The number of allylic oxidation sites excluding steroid dienone is 16. The Morgan fingerprint density at radius 3 is 1.23 bits per heavy atom. The van der Waals surface area contributed by atoms with E-state index in [0.29, 0.717) is 19.3 Å². The summed E-state index contributed by atoms with van der Waals surface area (Å²) in [6.45, 7) is 6.31. The van der Waals surface area contributed by atoms with Crippen LogP contribution in [0.15, 0.2) is 97.2 Å². The highest BCUT2D eigenvalue weighted by molar-refractivity contribution is 5.71. The SMILES string of the molecule is CC\C=C/C=C\C=C/C=C\C=C/CCCCCC(=O)OCC(COC(=O)CCCCCCCCCCCCCCC)OC(=O)CCCCCC/C=C\C/C=C\C/C=C\CC. The number of unbranched alkanes of at least 4 members (excludes halogenated alkanes) is 19. The molecular weight excluding hydrogens is 745 g/mol. The molecule has 0 aromatic heterocycles. The highest BCUT2D eigenvalue weighted by Crippen LogP contribution is 2.14. The highest BCUT2D eigenvalue weighted by atomic mass is 16.6. The van der Waals surface area contributed by atoms with E-state index in [1.54, 1.807) is 0 Å². The summed E-state index contributed by atoms with van der Waals surface area (Å²) >= 11 is 0. The van der Waals surface area contributed by atoms with Crippen LogP contribution < -0.4 is 0 Å². The van der Waals surface area contributed by atoms with E-state index in [0.717, 1.165) is 103 Å². The molecule has 0 aliphatic heterocycles. The van der Waals surface area contributed by atoms with Crippen molar-refractivity contribution in [3.05, 3.63) is 97.2 Å². The third kappa shape index (κ3) is 45.4. The maximum Gasteiger partial charge on any atom is 0.306 e. The van der Waals surface area contributed by atoms with E-state index >= 15 is 0 Å². The molecule has 6 heteroatoms. The predicted octanol–water partition coefficient (Wildman–Crippen LogP) is 15.8. The van der Waals surface area contributed by atoms with Crippen molar-refractivity contribution in [1.29, 1.82) is 0 Å². The summed E-state index contributed by atoms with van der Waals surface area (Å²) in [6.07, 6.45) is 62.4. The molecule has 0 aliphatic carbocycles. The van der Waals surface area contributed by atoms with Crippen LogP contribution in [0.3, 0.4) is 0 Å². The summed E-state index contributed by atoms with van der Waals surface area (Å²) in [7, 11) is 0. The quantitative estimate of drug-likeness (QED) is 0.0200. The number of ether oxygens (including phenoxy) is 3. The van der Waals surface area contributed by atoms with Crippen LogP contribution in [0.2, 0.25) is 0 Å². The molecule has 0 aliphatic rings. The standard InChI is InChI=1S/C54H88O6/c1-4-7-10-13-16-19-22-25-27-30-32-35-38-41-44-47-53(56)59-50-51(49-58-52(55)46-43-40-37-34-31-28-24-21-18-15-12-9-6-3)60-54(57)48-45-42-39-36-33-29-26-23-20-17-14-11-8-5-2/h7-8,10-11,13,16-17,19-20,22,25-27,29-30,32,51H,4-6,9,12,14-15,18,21,23-24,28,31,33-50H2,1-3H3/b10-7-,11-8-,16-13-,20-17-,22-19-,27-25-,29-26-,32-30-. The van der Waals surface area contributed by atoms with E-state index in [2.05, 4.69) is 69.4 Å². The zero-order valence-corrected chi connectivity index (χ0v) is 38.7. The Labute approximate surface area is 368 Å². The van der Waals surface area contributed by atoms with Gasteiger partial charge in [-0.15, -0.1) is 0 Å². The topological polar surface area (TPSA) is 78.9 Å². The molecule has 0 amide bonds. The van der Waals surface area contributed by atoms with E-state index in [9.17, 15) is 14.4 Å². The molecule has 0 saturated carbocycles. The first-order valence-corrected chi connectivity index (χ1v) is 24.3. The summed E-state index contributed by atoms with van der Waals surface area (Å²) in [4.78, 5) is 37.9. The van der Waals surface area contributed by atoms with Gasteiger partial charge in [-0.05, 0) is 70.6 Å². The smallest absolute Gasteiger partial charge is 0.306 e. The lowest BCUT2D eigenvalue weighted by atomic mass is 10.0. The molecule has 0 rings (SSSR count). The molecule has 60 heavy (non-hydrogen) atoms. The summed E-state index contributed by atoms with van der Waals surface area (Å²) in [5.74, 6) is -0.971. The number of carbonyl (C=O) groups excluding carboxylic acids is 3. The van der Waals surface area contributed by atoms with Crippen molar-refractivity contribution in [1.82, 2.24) is 0 Å². The first kappa shape index (κ1) is 56.3. The zero-order chi connectivity index (χ0) is 43.7. The second kappa shape index (κ2) is 48.0. The van der Waals surface area contributed by atoms with Gasteiger partial charge in [0.15, 0.2) is 6.10 Å².